The molecule has 0 aliphatic carbocycles. The lowest BCUT2D eigenvalue weighted by Crippen LogP contribution is -1.84. The molecule has 0 radical (unpaired) electrons. The fourth-order valence-corrected chi connectivity index (χ4v) is 1.40. The number of nitrogens with zero attached hydrogens (tertiary/aromatic N) is 6. The molecule has 120 valence electrons. The van der Waals surface area contributed by atoms with Crippen LogP contribution >= 0.6 is 0 Å². The Morgan fingerprint density at radius 2 is 1.04 bits per heavy atom. The van der Waals surface area contributed by atoms with Crippen LogP contribution in [0.4, 0.5) is 0 Å². The van der Waals surface area contributed by atoms with Crippen LogP contribution in [0.5, 0.6) is 0 Å². The van der Waals surface area contributed by atoms with E-state index in [0.717, 1.165) is 29.9 Å². The first-order chi connectivity index (χ1) is 11.3. The maximum absolute atomic E-state index is 4.03. The Morgan fingerprint density at radius 3 is 1.22 bits per heavy atom. The van der Waals surface area contributed by atoms with Gasteiger partial charge in [0.15, 0.2) is 0 Å². The largest absolute Gasteiger partial charge is 0.261 e. The van der Waals surface area contributed by atoms with Gasteiger partial charge in [-0.2, -0.15) is 0 Å². The highest BCUT2D eigenvalue weighted by Crippen LogP contribution is 1.88. The highest BCUT2D eigenvalue weighted by molar-refractivity contribution is 4.93. The fraction of sp³-hybridized carbons (Fsp3) is 0.294. The average molecular weight is 310 g/mol. The number of rotatable bonds is 2. The zero-order valence-corrected chi connectivity index (χ0v) is 13.8. The molecule has 0 bridgehead atoms. The number of aromatic nitrogens is 6. The van der Waals surface area contributed by atoms with E-state index in [1.165, 1.54) is 0 Å². The molecule has 0 aliphatic rings. The van der Waals surface area contributed by atoms with Crippen LogP contribution in [0.2, 0.25) is 0 Å². The van der Waals surface area contributed by atoms with Crippen molar-refractivity contribution in [1.29, 1.82) is 0 Å². The molecule has 0 aliphatic heterocycles. The molecule has 0 saturated heterocycles. The van der Waals surface area contributed by atoms with Crippen LogP contribution < -0.4 is 0 Å². The lowest BCUT2D eigenvalue weighted by Gasteiger charge is -1.88. The van der Waals surface area contributed by atoms with E-state index in [0.29, 0.717) is 0 Å². The Labute approximate surface area is 137 Å². The van der Waals surface area contributed by atoms with Crippen molar-refractivity contribution in [3.8, 4) is 0 Å². The minimum atomic E-state index is 0.961. The van der Waals surface area contributed by atoms with Gasteiger partial charge in [0.1, 0.15) is 0 Å². The Bertz CT molecular complexity index is 577. The van der Waals surface area contributed by atoms with Crippen LogP contribution in [0.25, 0.3) is 0 Å². The first-order valence-corrected chi connectivity index (χ1v) is 7.48. The van der Waals surface area contributed by atoms with E-state index in [1.807, 2.05) is 6.92 Å². The first-order valence-electron chi connectivity index (χ1n) is 7.48. The van der Waals surface area contributed by atoms with Crippen molar-refractivity contribution < 1.29 is 0 Å². The van der Waals surface area contributed by atoms with Crippen molar-refractivity contribution in [2.45, 2.75) is 33.6 Å². The second kappa shape index (κ2) is 11.9. The summed E-state index contributed by atoms with van der Waals surface area (Å²) in [6.45, 7) is 6.03. The SMILES string of the molecule is CCc1cnccn1.CCc1cnccn1.Cc1cnccn1. The van der Waals surface area contributed by atoms with E-state index in [-0.39, 0.29) is 0 Å². The summed E-state index contributed by atoms with van der Waals surface area (Å²) < 4.78 is 0. The van der Waals surface area contributed by atoms with Gasteiger partial charge in [-0.15, -0.1) is 0 Å². The topological polar surface area (TPSA) is 77.3 Å². The van der Waals surface area contributed by atoms with Gasteiger partial charge in [0, 0.05) is 55.8 Å². The quantitative estimate of drug-likeness (QED) is 0.724. The number of aryl methyl sites for hydroxylation is 3. The molecule has 6 heteroatoms. The van der Waals surface area contributed by atoms with Crippen LogP contribution in [0.3, 0.4) is 0 Å². The summed E-state index contributed by atoms with van der Waals surface area (Å²) in [6.07, 6.45) is 17.3. The summed E-state index contributed by atoms with van der Waals surface area (Å²) in [6, 6.07) is 0. The summed E-state index contributed by atoms with van der Waals surface area (Å²) in [7, 11) is 0. The van der Waals surface area contributed by atoms with Crippen molar-refractivity contribution in [2.75, 3.05) is 0 Å². The summed E-state index contributed by atoms with van der Waals surface area (Å²) in [5.74, 6) is 0. The lowest BCUT2D eigenvalue weighted by atomic mass is 10.4. The zero-order chi connectivity index (χ0) is 16.8. The summed E-state index contributed by atoms with van der Waals surface area (Å²) >= 11 is 0. The van der Waals surface area contributed by atoms with Crippen LogP contribution in [0, 0.1) is 6.92 Å². The third kappa shape index (κ3) is 8.98. The molecule has 0 aromatic carbocycles. The normalized spacial score (nSPS) is 9.00. The Hall–Kier alpha value is -2.76. The van der Waals surface area contributed by atoms with E-state index in [9.17, 15) is 0 Å². The van der Waals surface area contributed by atoms with Crippen LogP contribution in [0.15, 0.2) is 55.8 Å². The molecule has 23 heavy (non-hydrogen) atoms. The molecule has 0 saturated carbocycles. The van der Waals surface area contributed by atoms with Gasteiger partial charge < -0.3 is 0 Å². The van der Waals surface area contributed by atoms with E-state index in [2.05, 4.69) is 43.8 Å². The van der Waals surface area contributed by atoms with Gasteiger partial charge in [0.25, 0.3) is 0 Å². The highest BCUT2D eigenvalue weighted by Gasteiger charge is 1.83. The molecule has 3 rings (SSSR count). The van der Waals surface area contributed by atoms with Crippen LogP contribution in [0.1, 0.15) is 30.9 Å². The second-order valence-corrected chi connectivity index (χ2v) is 4.45. The van der Waals surface area contributed by atoms with E-state index >= 15 is 0 Å². The van der Waals surface area contributed by atoms with Crippen molar-refractivity contribution >= 4 is 0 Å². The standard InChI is InChI=1S/2C6H8N2.C5H6N2/c2*1-2-6-5-7-3-4-8-6;1-5-4-6-2-3-7-5/h2*3-5H,2H2,1H3;2-4H,1H3. The molecule has 3 heterocycles. The molecular weight excluding hydrogens is 288 g/mol. The highest BCUT2D eigenvalue weighted by atomic mass is 14.8. The maximum Gasteiger partial charge on any atom is 0.0583 e. The van der Waals surface area contributed by atoms with Crippen molar-refractivity contribution in [1.82, 2.24) is 29.9 Å². The van der Waals surface area contributed by atoms with E-state index < -0.39 is 0 Å². The fourth-order valence-electron chi connectivity index (χ4n) is 1.40. The summed E-state index contributed by atoms with van der Waals surface area (Å²) in [5.41, 5.74) is 3.06. The molecule has 0 unspecified atom stereocenters. The molecule has 3 aromatic heterocycles. The van der Waals surface area contributed by atoms with Crippen LogP contribution in [-0.4, -0.2) is 29.9 Å². The number of hydrogen-bond donors (Lipinski definition) is 0. The van der Waals surface area contributed by atoms with Crippen molar-refractivity contribution in [3.05, 3.63) is 72.9 Å². The molecule has 0 spiro atoms. The third-order valence-corrected chi connectivity index (χ3v) is 2.65. The molecule has 0 atom stereocenters. The van der Waals surface area contributed by atoms with Gasteiger partial charge >= 0.3 is 0 Å². The molecule has 0 amide bonds. The van der Waals surface area contributed by atoms with Gasteiger partial charge in [-0.1, -0.05) is 13.8 Å². The second-order valence-electron chi connectivity index (χ2n) is 4.45. The zero-order valence-electron chi connectivity index (χ0n) is 13.8. The Balaban J connectivity index is 0.000000173. The van der Waals surface area contributed by atoms with Gasteiger partial charge in [0.05, 0.1) is 17.1 Å². The third-order valence-electron chi connectivity index (χ3n) is 2.65. The molecular formula is C17H22N6. The maximum atomic E-state index is 4.03. The van der Waals surface area contributed by atoms with Crippen LogP contribution in [-0.2, 0) is 12.8 Å². The minimum absolute atomic E-state index is 0.961. The molecule has 3 aromatic rings. The molecule has 0 N–H and O–H groups in total. The minimum Gasteiger partial charge on any atom is -0.261 e. The van der Waals surface area contributed by atoms with E-state index in [4.69, 9.17) is 0 Å². The van der Waals surface area contributed by atoms with Gasteiger partial charge in [-0.05, 0) is 19.8 Å². The monoisotopic (exact) mass is 310 g/mol. The summed E-state index contributed by atoms with van der Waals surface area (Å²) in [5, 5.41) is 0. The first kappa shape index (κ1) is 18.3. The summed E-state index contributed by atoms with van der Waals surface area (Å²) in [4.78, 5) is 23.6. The Morgan fingerprint density at radius 1 is 0.609 bits per heavy atom. The van der Waals surface area contributed by atoms with E-state index in [1.54, 1.807) is 55.8 Å². The van der Waals surface area contributed by atoms with Crippen molar-refractivity contribution in [3.63, 3.8) is 0 Å². The lowest BCUT2D eigenvalue weighted by molar-refractivity contribution is 1.000. The van der Waals surface area contributed by atoms with Gasteiger partial charge in [-0.3, -0.25) is 29.9 Å². The Kier molecular flexibility index (Phi) is 9.42. The molecule has 6 nitrogen and oxygen atoms in total. The molecule has 0 fully saturated rings. The smallest absolute Gasteiger partial charge is 0.0583 e. The van der Waals surface area contributed by atoms with Gasteiger partial charge in [-0.25, -0.2) is 0 Å². The average Bonchev–Trinajstić information content (AvgIpc) is 2.65. The number of hydrogen-bond acceptors (Lipinski definition) is 6. The van der Waals surface area contributed by atoms with Crippen molar-refractivity contribution in [2.24, 2.45) is 0 Å². The predicted molar refractivity (Wildman–Crippen MR) is 89.6 cm³/mol. The predicted octanol–water partition coefficient (Wildman–Crippen LogP) is 2.86. The van der Waals surface area contributed by atoms with Gasteiger partial charge in [0.2, 0.25) is 0 Å².